The smallest absolute Gasteiger partial charge is 0.462 e. The predicted octanol–water partition coefficient (Wildman–Crippen LogP) is 21.7. The summed E-state index contributed by atoms with van der Waals surface area (Å²) in [5, 5.41) is 10.6. The van der Waals surface area contributed by atoms with E-state index in [9.17, 15) is 43.2 Å². The molecule has 0 aliphatic rings. The van der Waals surface area contributed by atoms with Crippen LogP contribution in [0.3, 0.4) is 0 Å². The first kappa shape index (κ1) is 92.5. The van der Waals surface area contributed by atoms with Crippen LogP contribution in [0.1, 0.15) is 363 Å². The van der Waals surface area contributed by atoms with Crippen molar-refractivity contribution in [1.82, 2.24) is 0 Å². The molecule has 0 aliphatic heterocycles. The third-order valence-electron chi connectivity index (χ3n) is 17.0. The SMILES string of the molecule is CCCCCC/C=C\C=C/CCCCCCCC(=O)O[C@H](COC(=O)CCCCCCCCCCCCCCC(C)C)COP(=O)(O)OC[C@@H](O)COP(=O)(O)OC[C@@H](COC(=O)CCCCCCCCCCC(C)C)OC(=O)CCCCCCCCCCCCCC(C)C. The molecule has 0 aromatic carbocycles. The van der Waals surface area contributed by atoms with Crippen LogP contribution in [0.25, 0.3) is 0 Å². The summed E-state index contributed by atoms with van der Waals surface area (Å²) in [6, 6.07) is 0. The number of carbonyl (C=O) groups is 4. The van der Waals surface area contributed by atoms with E-state index < -0.39 is 97.5 Å². The molecular formula is C76H144O17P2. The van der Waals surface area contributed by atoms with Gasteiger partial charge in [0.2, 0.25) is 0 Å². The number of ether oxygens (including phenoxy) is 4. The largest absolute Gasteiger partial charge is 0.472 e. The molecule has 0 aromatic heterocycles. The van der Waals surface area contributed by atoms with Gasteiger partial charge in [0.15, 0.2) is 12.2 Å². The third kappa shape index (κ3) is 69.8. The molecule has 0 heterocycles. The van der Waals surface area contributed by atoms with E-state index in [1.807, 2.05) is 0 Å². The lowest BCUT2D eigenvalue weighted by molar-refractivity contribution is -0.161. The van der Waals surface area contributed by atoms with E-state index in [0.29, 0.717) is 25.7 Å². The molecule has 17 nitrogen and oxygen atoms in total. The van der Waals surface area contributed by atoms with Crippen molar-refractivity contribution < 1.29 is 80.2 Å². The van der Waals surface area contributed by atoms with Crippen molar-refractivity contribution in [3.63, 3.8) is 0 Å². The highest BCUT2D eigenvalue weighted by atomic mass is 31.2. The van der Waals surface area contributed by atoms with Gasteiger partial charge in [0.05, 0.1) is 26.4 Å². The highest BCUT2D eigenvalue weighted by molar-refractivity contribution is 7.47. The van der Waals surface area contributed by atoms with Crippen LogP contribution >= 0.6 is 15.6 Å². The Morgan fingerprint density at radius 3 is 0.853 bits per heavy atom. The molecule has 0 amide bonds. The fourth-order valence-electron chi connectivity index (χ4n) is 11.1. The summed E-state index contributed by atoms with van der Waals surface area (Å²) in [4.78, 5) is 72.8. The van der Waals surface area contributed by atoms with Gasteiger partial charge in [-0.3, -0.25) is 37.3 Å². The second-order valence-corrected chi connectivity index (χ2v) is 31.0. The summed E-state index contributed by atoms with van der Waals surface area (Å²) in [5.41, 5.74) is 0. The molecule has 0 fully saturated rings. The minimum Gasteiger partial charge on any atom is -0.462 e. The number of unbranched alkanes of at least 4 members (excludes halogenated alkanes) is 37. The fourth-order valence-corrected chi connectivity index (χ4v) is 12.6. The van der Waals surface area contributed by atoms with Crippen molar-refractivity contribution in [3.8, 4) is 0 Å². The van der Waals surface area contributed by atoms with Gasteiger partial charge in [-0.05, 0) is 69.1 Å². The molecule has 0 spiro atoms. The maximum Gasteiger partial charge on any atom is 0.472 e. The average Bonchev–Trinajstić information content (AvgIpc) is 1.35. The Morgan fingerprint density at radius 1 is 0.326 bits per heavy atom. The molecule has 5 atom stereocenters. The quantitative estimate of drug-likeness (QED) is 0.0169. The van der Waals surface area contributed by atoms with E-state index in [1.54, 1.807) is 0 Å². The molecule has 19 heteroatoms. The second-order valence-electron chi connectivity index (χ2n) is 28.1. The van der Waals surface area contributed by atoms with Crippen LogP contribution in [-0.4, -0.2) is 96.7 Å². The summed E-state index contributed by atoms with van der Waals surface area (Å²) in [5.74, 6) is 0.120. The molecule has 0 aromatic rings. The molecule has 95 heavy (non-hydrogen) atoms. The third-order valence-corrected chi connectivity index (χ3v) is 18.9. The number of phosphoric ester groups is 2. The number of aliphatic hydroxyl groups is 1. The lowest BCUT2D eigenvalue weighted by Crippen LogP contribution is -2.30. The number of hydrogen-bond donors (Lipinski definition) is 3. The number of esters is 4. The fraction of sp³-hybridized carbons (Fsp3) is 0.895. The average molecular weight is 1390 g/mol. The monoisotopic (exact) mass is 1390 g/mol. The Kier molecular flexibility index (Phi) is 64.4. The molecule has 3 N–H and O–H groups in total. The van der Waals surface area contributed by atoms with Crippen molar-refractivity contribution in [2.75, 3.05) is 39.6 Å². The molecule has 2 unspecified atom stereocenters. The summed E-state index contributed by atoms with van der Waals surface area (Å²) in [6.45, 7) is 11.8. The van der Waals surface area contributed by atoms with Gasteiger partial charge in [-0.25, -0.2) is 9.13 Å². The maximum absolute atomic E-state index is 13.1. The van der Waals surface area contributed by atoms with Crippen LogP contribution in [0.15, 0.2) is 24.3 Å². The summed E-state index contributed by atoms with van der Waals surface area (Å²) < 4.78 is 68.5. The zero-order valence-electron chi connectivity index (χ0n) is 61.6. The van der Waals surface area contributed by atoms with Crippen LogP contribution < -0.4 is 0 Å². The molecule has 0 aliphatic carbocycles. The Bertz CT molecular complexity index is 1950. The van der Waals surface area contributed by atoms with Crippen molar-refractivity contribution in [1.29, 1.82) is 0 Å². The Balaban J connectivity index is 5.30. The molecule has 560 valence electrons. The van der Waals surface area contributed by atoms with E-state index in [2.05, 4.69) is 72.8 Å². The normalized spacial score (nSPS) is 14.2. The number of carbonyl (C=O) groups excluding carboxylic acids is 4. The van der Waals surface area contributed by atoms with Crippen molar-refractivity contribution in [3.05, 3.63) is 24.3 Å². The molecule has 0 bridgehead atoms. The van der Waals surface area contributed by atoms with Gasteiger partial charge in [0.1, 0.15) is 19.3 Å². The van der Waals surface area contributed by atoms with E-state index in [4.69, 9.17) is 37.0 Å². The zero-order chi connectivity index (χ0) is 70.1. The molecule has 0 saturated carbocycles. The predicted molar refractivity (Wildman–Crippen MR) is 386 cm³/mol. The Labute approximate surface area is 580 Å². The van der Waals surface area contributed by atoms with Crippen LogP contribution in [0.4, 0.5) is 0 Å². The molecule has 0 saturated heterocycles. The van der Waals surface area contributed by atoms with Crippen LogP contribution in [0.2, 0.25) is 0 Å². The first-order valence-corrected chi connectivity index (χ1v) is 41.7. The van der Waals surface area contributed by atoms with Gasteiger partial charge >= 0.3 is 39.5 Å². The highest BCUT2D eigenvalue weighted by Crippen LogP contribution is 2.45. The first-order valence-electron chi connectivity index (χ1n) is 38.7. The van der Waals surface area contributed by atoms with Gasteiger partial charge in [-0.2, -0.15) is 0 Å². The first-order chi connectivity index (χ1) is 45.7. The van der Waals surface area contributed by atoms with E-state index in [-0.39, 0.29) is 25.7 Å². The van der Waals surface area contributed by atoms with Gasteiger partial charge in [0.25, 0.3) is 0 Å². The van der Waals surface area contributed by atoms with Gasteiger partial charge in [-0.15, -0.1) is 0 Å². The molecular weight excluding hydrogens is 1250 g/mol. The van der Waals surface area contributed by atoms with E-state index in [0.717, 1.165) is 120 Å². The number of aliphatic hydroxyl groups excluding tert-OH is 1. The van der Waals surface area contributed by atoms with Gasteiger partial charge < -0.3 is 33.8 Å². The van der Waals surface area contributed by atoms with Crippen LogP contribution in [0, 0.1) is 17.8 Å². The Morgan fingerprint density at radius 2 is 0.568 bits per heavy atom. The van der Waals surface area contributed by atoms with E-state index >= 15 is 0 Å². The van der Waals surface area contributed by atoms with Crippen molar-refractivity contribution in [2.45, 2.75) is 381 Å². The minimum atomic E-state index is -4.97. The molecule has 0 rings (SSSR count). The number of hydrogen-bond acceptors (Lipinski definition) is 15. The lowest BCUT2D eigenvalue weighted by Gasteiger charge is -2.21. The maximum atomic E-state index is 13.1. The van der Waals surface area contributed by atoms with Crippen molar-refractivity contribution in [2.24, 2.45) is 17.8 Å². The summed E-state index contributed by atoms with van der Waals surface area (Å²) in [7, 11) is -9.93. The van der Waals surface area contributed by atoms with Crippen molar-refractivity contribution >= 4 is 39.5 Å². The number of phosphoric acid groups is 2. The summed E-state index contributed by atoms with van der Waals surface area (Å²) >= 11 is 0. The highest BCUT2D eigenvalue weighted by Gasteiger charge is 2.30. The molecule has 0 radical (unpaired) electrons. The standard InChI is InChI=1S/C76H144O17P2/c1-8-9-10-11-12-13-14-15-16-17-24-29-38-45-52-59-75(80)92-71(63-86-73(78)57-50-43-36-28-23-19-18-21-26-33-40-47-54-67(2)3)65-90-94(82,83)88-61-70(77)62-89-95(84,85)91-66-72(64-87-74(79)58-51-44-37-32-31-35-42-49-56-69(6)7)93-76(81)60-53-46-39-30-25-20-22-27-34-41-48-55-68(4)5/h13-16,67-72,77H,8-12,17-66H2,1-7H3,(H,82,83)(H,84,85)/b14-13-,16-15-/t70-,71-,72-/m1/s1. The zero-order valence-corrected chi connectivity index (χ0v) is 63.4. The van der Waals surface area contributed by atoms with Crippen LogP contribution in [-0.2, 0) is 65.4 Å². The van der Waals surface area contributed by atoms with E-state index in [1.165, 1.54) is 161 Å². The summed E-state index contributed by atoms with van der Waals surface area (Å²) in [6.07, 6.45) is 54.9. The Hall–Kier alpha value is -2.46. The second kappa shape index (κ2) is 66.1. The minimum absolute atomic E-state index is 0.0847. The van der Waals surface area contributed by atoms with Crippen LogP contribution in [0.5, 0.6) is 0 Å². The number of allylic oxidation sites excluding steroid dienone is 4. The lowest BCUT2D eigenvalue weighted by atomic mass is 10.0. The topological polar surface area (TPSA) is 237 Å². The number of rotatable bonds is 72. The van der Waals surface area contributed by atoms with Gasteiger partial charge in [0, 0.05) is 25.7 Å². The van der Waals surface area contributed by atoms with Gasteiger partial charge in [-0.1, -0.05) is 310 Å².